The second kappa shape index (κ2) is 4.32. The molecule has 0 spiro atoms. The average Bonchev–Trinajstić information content (AvgIpc) is 3.24. The summed E-state index contributed by atoms with van der Waals surface area (Å²) in [5, 5.41) is 10.7. The fourth-order valence-corrected chi connectivity index (χ4v) is 2.37. The molecular weight excluding hydrogens is 252 g/mol. The van der Waals surface area contributed by atoms with E-state index in [1.165, 1.54) is 12.8 Å². The summed E-state index contributed by atoms with van der Waals surface area (Å²) in [4.78, 5) is 0. The van der Waals surface area contributed by atoms with Gasteiger partial charge in [-0.1, -0.05) is 11.6 Å². The van der Waals surface area contributed by atoms with Crippen molar-refractivity contribution >= 4 is 11.6 Å². The maximum absolute atomic E-state index is 10.1. The standard InChI is InChI=1S/C14H17ClO3/c1-17-12-6-10(14(16)4-5-14)11(15)7-13(12)18-8-9-2-3-9/h6-7,9,16H,2-5,8H2,1H3. The summed E-state index contributed by atoms with van der Waals surface area (Å²) in [6, 6.07) is 3.56. The molecule has 0 aliphatic heterocycles. The van der Waals surface area contributed by atoms with E-state index in [4.69, 9.17) is 21.1 Å². The van der Waals surface area contributed by atoms with Gasteiger partial charge in [-0.2, -0.15) is 0 Å². The van der Waals surface area contributed by atoms with E-state index in [9.17, 15) is 5.11 Å². The van der Waals surface area contributed by atoms with Crippen molar-refractivity contribution in [2.45, 2.75) is 31.3 Å². The molecule has 2 aliphatic rings. The zero-order chi connectivity index (χ0) is 12.8. The number of halogens is 1. The summed E-state index contributed by atoms with van der Waals surface area (Å²) < 4.78 is 11.1. The van der Waals surface area contributed by atoms with Crippen LogP contribution in [0.5, 0.6) is 11.5 Å². The topological polar surface area (TPSA) is 38.7 Å². The van der Waals surface area contributed by atoms with Crippen LogP contribution in [0.25, 0.3) is 0 Å². The Morgan fingerprint density at radius 1 is 1.33 bits per heavy atom. The van der Waals surface area contributed by atoms with Crippen molar-refractivity contribution in [3.05, 3.63) is 22.7 Å². The lowest BCUT2D eigenvalue weighted by atomic mass is 10.1. The summed E-state index contributed by atoms with van der Waals surface area (Å²) in [5.74, 6) is 2.00. The molecular formula is C14H17ClO3. The highest BCUT2D eigenvalue weighted by molar-refractivity contribution is 6.31. The van der Waals surface area contributed by atoms with Gasteiger partial charge in [0, 0.05) is 11.6 Å². The normalized spacial score (nSPS) is 20.6. The third-order valence-electron chi connectivity index (χ3n) is 3.65. The van der Waals surface area contributed by atoms with E-state index in [1.807, 2.05) is 0 Å². The Hall–Kier alpha value is -0.930. The van der Waals surface area contributed by atoms with Crippen LogP contribution >= 0.6 is 11.6 Å². The van der Waals surface area contributed by atoms with Crippen molar-refractivity contribution in [1.29, 1.82) is 0 Å². The van der Waals surface area contributed by atoms with E-state index in [0.29, 0.717) is 22.4 Å². The summed E-state index contributed by atoms with van der Waals surface area (Å²) in [6.07, 6.45) is 4.01. The Balaban J connectivity index is 1.86. The number of rotatable bonds is 5. The van der Waals surface area contributed by atoms with Crippen molar-refractivity contribution in [2.75, 3.05) is 13.7 Å². The molecule has 98 valence electrons. The van der Waals surface area contributed by atoms with Crippen LogP contribution in [0.4, 0.5) is 0 Å². The summed E-state index contributed by atoms with van der Waals surface area (Å²) in [6.45, 7) is 0.719. The lowest BCUT2D eigenvalue weighted by molar-refractivity contribution is 0.151. The highest BCUT2D eigenvalue weighted by atomic mass is 35.5. The quantitative estimate of drug-likeness (QED) is 0.892. The van der Waals surface area contributed by atoms with Gasteiger partial charge in [0.1, 0.15) is 0 Å². The van der Waals surface area contributed by atoms with Crippen molar-refractivity contribution in [3.63, 3.8) is 0 Å². The van der Waals surface area contributed by atoms with Crippen molar-refractivity contribution in [1.82, 2.24) is 0 Å². The Bertz CT molecular complexity index is 464. The van der Waals surface area contributed by atoms with Crippen LogP contribution < -0.4 is 9.47 Å². The molecule has 4 heteroatoms. The van der Waals surface area contributed by atoms with Crippen LogP contribution in [0, 0.1) is 5.92 Å². The first-order valence-corrected chi connectivity index (χ1v) is 6.73. The van der Waals surface area contributed by atoms with Gasteiger partial charge in [0.2, 0.25) is 0 Å². The predicted octanol–water partition coefficient (Wildman–Crippen LogP) is 3.12. The largest absolute Gasteiger partial charge is 0.493 e. The molecule has 18 heavy (non-hydrogen) atoms. The van der Waals surface area contributed by atoms with Crippen LogP contribution in [0.15, 0.2) is 12.1 Å². The van der Waals surface area contributed by atoms with Gasteiger partial charge in [0.15, 0.2) is 11.5 Å². The van der Waals surface area contributed by atoms with E-state index < -0.39 is 5.60 Å². The van der Waals surface area contributed by atoms with Crippen LogP contribution in [0.3, 0.4) is 0 Å². The Kier molecular flexibility index (Phi) is 2.91. The first kappa shape index (κ1) is 12.1. The molecule has 0 bridgehead atoms. The summed E-state index contributed by atoms with van der Waals surface area (Å²) in [7, 11) is 1.61. The van der Waals surface area contributed by atoms with Gasteiger partial charge in [-0.3, -0.25) is 0 Å². The maximum Gasteiger partial charge on any atom is 0.162 e. The van der Waals surface area contributed by atoms with Gasteiger partial charge in [0.05, 0.1) is 24.3 Å². The Labute approximate surface area is 112 Å². The molecule has 1 aromatic carbocycles. The van der Waals surface area contributed by atoms with Crippen LogP contribution in [0.2, 0.25) is 5.02 Å². The monoisotopic (exact) mass is 268 g/mol. The number of hydrogen-bond donors (Lipinski definition) is 1. The Morgan fingerprint density at radius 2 is 2.06 bits per heavy atom. The van der Waals surface area contributed by atoms with Crippen molar-refractivity contribution < 1.29 is 14.6 Å². The molecule has 0 heterocycles. The minimum absolute atomic E-state index is 0.557. The van der Waals surface area contributed by atoms with Gasteiger partial charge in [-0.25, -0.2) is 0 Å². The molecule has 1 N–H and O–H groups in total. The van der Waals surface area contributed by atoms with E-state index in [2.05, 4.69) is 0 Å². The fourth-order valence-electron chi connectivity index (χ4n) is 2.04. The molecule has 0 unspecified atom stereocenters. The molecule has 2 fully saturated rings. The molecule has 1 aromatic rings. The van der Waals surface area contributed by atoms with Gasteiger partial charge in [-0.05, 0) is 37.7 Å². The SMILES string of the molecule is COc1cc(C2(O)CC2)c(Cl)cc1OCC1CC1. The molecule has 3 rings (SSSR count). The third kappa shape index (κ3) is 2.29. The predicted molar refractivity (Wildman–Crippen MR) is 69.4 cm³/mol. The molecule has 0 amide bonds. The third-order valence-corrected chi connectivity index (χ3v) is 3.96. The molecule has 0 aromatic heterocycles. The first-order chi connectivity index (χ1) is 8.62. The van der Waals surface area contributed by atoms with E-state index >= 15 is 0 Å². The lowest BCUT2D eigenvalue weighted by Gasteiger charge is -2.16. The van der Waals surface area contributed by atoms with Crippen molar-refractivity contribution in [2.24, 2.45) is 5.92 Å². The van der Waals surface area contributed by atoms with Gasteiger partial charge >= 0.3 is 0 Å². The highest BCUT2D eigenvalue weighted by Gasteiger charge is 2.44. The molecule has 3 nitrogen and oxygen atoms in total. The smallest absolute Gasteiger partial charge is 0.162 e. The average molecular weight is 269 g/mol. The minimum Gasteiger partial charge on any atom is -0.493 e. The zero-order valence-electron chi connectivity index (χ0n) is 10.4. The first-order valence-electron chi connectivity index (χ1n) is 6.35. The van der Waals surface area contributed by atoms with Crippen LogP contribution in [-0.4, -0.2) is 18.8 Å². The molecule has 0 radical (unpaired) electrons. The maximum atomic E-state index is 10.1. The Morgan fingerprint density at radius 3 is 2.61 bits per heavy atom. The van der Waals surface area contributed by atoms with Crippen LogP contribution in [0.1, 0.15) is 31.2 Å². The second-order valence-electron chi connectivity index (χ2n) is 5.27. The molecule has 2 saturated carbocycles. The second-order valence-corrected chi connectivity index (χ2v) is 5.68. The number of hydrogen-bond acceptors (Lipinski definition) is 3. The number of benzene rings is 1. The van der Waals surface area contributed by atoms with E-state index in [-0.39, 0.29) is 0 Å². The molecule has 2 aliphatic carbocycles. The number of ether oxygens (including phenoxy) is 2. The van der Waals surface area contributed by atoms with Crippen LogP contribution in [-0.2, 0) is 5.60 Å². The van der Waals surface area contributed by atoms with Gasteiger partial charge in [-0.15, -0.1) is 0 Å². The minimum atomic E-state index is -0.751. The van der Waals surface area contributed by atoms with E-state index in [1.54, 1.807) is 19.2 Å². The number of methoxy groups -OCH3 is 1. The van der Waals surface area contributed by atoms with Gasteiger partial charge in [0.25, 0.3) is 0 Å². The molecule has 0 atom stereocenters. The zero-order valence-corrected chi connectivity index (χ0v) is 11.2. The van der Waals surface area contributed by atoms with E-state index in [0.717, 1.165) is 25.0 Å². The van der Waals surface area contributed by atoms with Crippen molar-refractivity contribution in [3.8, 4) is 11.5 Å². The highest BCUT2D eigenvalue weighted by Crippen LogP contribution is 2.50. The summed E-state index contributed by atoms with van der Waals surface area (Å²) >= 11 is 6.22. The van der Waals surface area contributed by atoms with Gasteiger partial charge < -0.3 is 14.6 Å². The fraction of sp³-hybridized carbons (Fsp3) is 0.571. The molecule has 0 saturated heterocycles. The number of aliphatic hydroxyl groups is 1. The lowest BCUT2D eigenvalue weighted by Crippen LogP contribution is -2.07. The summed E-state index contributed by atoms with van der Waals surface area (Å²) in [5.41, 5.74) is -0.000805.